The lowest BCUT2D eigenvalue weighted by Crippen LogP contribution is -2.51. The maximum atomic E-state index is 11.0. The predicted molar refractivity (Wildman–Crippen MR) is 49.3 cm³/mol. The molecule has 1 rings (SSSR count). The van der Waals surface area contributed by atoms with Crippen molar-refractivity contribution < 1.29 is 13.2 Å². The van der Waals surface area contributed by atoms with Crippen LogP contribution in [-0.4, -0.2) is 38.0 Å². The number of hydrogen-bond donors (Lipinski definition) is 1. The molecule has 1 fully saturated rings. The minimum Gasteiger partial charge on any atom is -0.373 e. The molecule has 1 heterocycles. The van der Waals surface area contributed by atoms with Crippen molar-refractivity contribution in [2.45, 2.75) is 32.5 Å². The third kappa shape index (κ3) is 2.91. The largest absolute Gasteiger partial charge is 0.373 e. The minimum absolute atomic E-state index is 0.0259. The molecule has 0 aromatic carbocycles. The molecule has 0 bridgehead atoms. The Morgan fingerprint density at radius 3 is 2.62 bits per heavy atom. The van der Waals surface area contributed by atoms with Crippen LogP contribution in [0, 0.1) is 0 Å². The first kappa shape index (κ1) is 10.9. The first-order valence-electron chi connectivity index (χ1n) is 4.36. The van der Waals surface area contributed by atoms with Crippen LogP contribution in [0.2, 0.25) is 0 Å². The maximum Gasteiger partial charge on any atom is 0.277 e. The normalized spacial score (nSPS) is 31.9. The van der Waals surface area contributed by atoms with Gasteiger partial charge in [-0.05, 0) is 13.3 Å². The summed E-state index contributed by atoms with van der Waals surface area (Å²) in [7, 11) is -3.55. The molecule has 6 heteroatoms. The molecule has 0 radical (unpaired) electrons. The third-order valence-electron chi connectivity index (χ3n) is 2.11. The van der Waals surface area contributed by atoms with Crippen molar-refractivity contribution in [3.8, 4) is 0 Å². The molecular weight excluding hydrogens is 192 g/mol. The van der Waals surface area contributed by atoms with Gasteiger partial charge in [-0.15, -0.1) is 0 Å². The van der Waals surface area contributed by atoms with Crippen LogP contribution >= 0.6 is 0 Å². The van der Waals surface area contributed by atoms with E-state index in [9.17, 15) is 8.42 Å². The second kappa shape index (κ2) is 3.91. The molecule has 0 aromatic heterocycles. The summed E-state index contributed by atoms with van der Waals surface area (Å²) in [6.45, 7) is 4.54. The highest BCUT2D eigenvalue weighted by atomic mass is 32.2. The molecule has 2 unspecified atom stereocenters. The summed E-state index contributed by atoms with van der Waals surface area (Å²) < 4.78 is 28.9. The van der Waals surface area contributed by atoms with E-state index in [-0.39, 0.29) is 12.2 Å². The van der Waals surface area contributed by atoms with Gasteiger partial charge < -0.3 is 4.74 Å². The average Bonchev–Trinajstić information content (AvgIpc) is 2.01. The standard InChI is InChI=1S/C7H16N2O3S/c1-3-7-5-9(13(8,10)11)4-6(2)12-7/h6-7H,3-5H2,1-2H3,(H2,8,10,11). The van der Waals surface area contributed by atoms with Crippen molar-refractivity contribution in [3.05, 3.63) is 0 Å². The minimum atomic E-state index is -3.55. The Kier molecular flexibility index (Phi) is 3.28. The van der Waals surface area contributed by atoms with Crippen molar-refractivity contribution in [2.24, 2.45) is 5.14 Å². The van der Waals surface area contributed by atoms with Gasteiger partial charge in [-0.25, -0.2) is 5.14 Å². The van der Waals surface area contributed by atoms with Crippen LogP contribution in [-0.2, 0) is 14.9 Å². The summed E-state index contributed by atoms with van der Waals surface area (Å²) >= 11 is 0. The SMILES string of the molecule is CCC1CN(S(N)(=O)=O)CC(C)O1. The van der Waals surface area contributed by atoms with E-state index in [4.69, 9.17) is 9.88 Å². The molecule has 1 aliphatic heterocycles. The van der Waals surface area contributed by atoms with Gasteiger partial charge in [0.2, 0.25) is 0 Å². The van der Waals surface area contributed by atoms with Crippen LogP contribution in [0.5, 0.6) is 0 Å². The highest BCUT2D eigenvalue weighted by Crippen LogP contribution is 2.14. The topological polar surface area (TPSA) is 72.6 Å². The lowest BCUT2D eigenvalue weighted by molar-refractivity contribution is -0.0547. The van der Waals surface area contributed by atoms with Crippen molar-refractivity contribution in [1.82, 2.24) is 4.31 Å². The summed E-state index contributed by atoms with van der Waals surface area (Å²) in [6, 6.07) is 0. The zero-order valence-corrected chi connectivity index (χ0v) is 8.75. The third-order valence-corrected chi connectivity index (χ3v) is 3.13. The highest BCUT2D eigenvalue weighted by molar-refractivity contribution is 7.86. The van der Waals surface area contributed by atoms with Gasteiger partial charge in [-0.1, -0.05) is 6.92 Å². The van der Waals surface area contributed by atoms with Crippen LogP contribution < -0.4 is 5.14 Å². The fraction of sp³-hybridized carbons (Fsp3) is 1.00. The highest BCUT2D eigenvalue weighted by Gasteiger charge is 2.29. The average molecular weight is 208 g/mol. The molecule has 0 spiro atoms. The molecule has 0 aliphatic carbocycles. The van der Waals surface area contributed by atoms with Crippen molar-refractivity contribution in [2.75, 3.05) is 13.1 Å². The summed E-state index contributed by atoms with van der Waals surface area (Å²) in [5, 5.41) is 5.03. The molecule has 2 atom stereocenters. The lowest BCUT2D eigenvalue weighted by Gasteiger charge is -2.34. The number of nitrogens with zero attached hydrogens (tertiary/aromatic N) is 1. The molecule has 1 saturated heterocycles. The Morgan fingerprint density at radius 2 is 2.15 bits per heavy atom. The molecule has 0 saturated carbocycles. The Balaban J connectivity index is 2.68. The Bertz CT molecular complexity index is 265. The molecule has 5 nitrogen and oxygen atoms in total. The number of morpholine rings is 1. The Labute approximate surface area is 79.0 Å². The number of hydrogen-bond acceptors (Lipinski definition) is 3. The zero-order chi connectivity index (χ0) is 10.1. The van der Waals surface area contributed by atoms with E-state index in [2.05, 4.69) is 0 Å². The monoisotopic (exact) mass is 208 g/mol. The molecule has 0 aromatic rings. The summed E-state index contributed by atoms with van der Waals surface area (Å²) in [6.07, 6.45) is 0.704. The number of nitrogens with two attached hydrogens (primary N) is 1. The molecule has 13 heavy (non-hydrogen) atoms. The Hall–Kier alpha value is -0.170. The van der Waals surface area contributed by atoms with Crippen molar-refractivity contribution in [1.29, 1.82) is 0 Å². The van der Waals surface area contributed by atoms with Crippen molar-refractivity contribution >= 4 is 10.2 Å². The van der Waals surface area contributed by atoms with E-state index < -0.39 is 10.2 Å². The summed E-state index contributed by atoms with van der Waals surface area (Å²) in [5.74, 6) is 0. The van der Waals surface area contributed by atoms with Crippen LogP contribution in [0.1, 0.15) is 20.3 Å². The number of ether oxygens (including phenoxy) is 1. The fourth-order valence-electron chi connectivity index (χ4n) is 1.44. The second-order valence-corrected chi connectivity index (χ2v) is 4.89. The molecular formula is C7H16N2O3S. The van der Waals surface area contributed by atoms with Crippen LogP contribution in [0.25, 0.3) is 0 Å². The van der Waals surface area contributed by atoms with Crippen LogP contribution in [0.4, 0.5) is 0 Å². The smallest absolute Gasteiger partial charge is 0.277 e. The lowest BCUT2D eigenvalue weighted by atomic mass is 10.2. The van der Waals surface area contributed by atoms with Gasteiger partial charge in [0, 0.05) is 13.1 Å². The molecule has 2 N–H and O–H groups in total. The predicted octanol–water partition coefficient (Wildman–Crippen LogP) is -0.311. The van der Waals surface area contributed by atoms with E-state index in [1.54, 1.807) is 0 Å². The van der Waals surface area contributed by atoms with Gasteiger partial charge in [0.1, 0.15) is 0 Å². The molecule has 0 amide bonds. The first-order chi connectivity index (χ1) is 5.93. The summed E-state index contributed by atoms with van der Waals surface area (Å²) in [5.41, 5.74) is 0. The molecule has 1 aliphatic rings. The van der Waals surface area contributed by atoms with Crippen LogP contribution in [0.15, 0.2) is 0 Å². The maximum absolute atomic E-state index is 11.0. The van der Waals surface area contributed by atoms with Gasteiger partial charge in [0.05, 0.1) is 12.2 Å². The summed E-state index contributed by atoms with van der Waals surface area (Å²) in [4.78, 5) is 0. The van der Waals surface area contributed by atoms with Gasteiger partial charge in [-0.2, -0.15) is 12.7 Å². The van der Waals surface area contributed by atoms with Crippen LogP contribution in [0.3, 0.4) is 0 Å². The van der Waals surface area contributed by atoms with E-state index in [1.165, 1.54) is 4.31 Å². The van der Waals surface area contributed by atoms with E-state index in [1.807, 2.05) is 13.8 Å². The first-order valence-corrected chi connectivity index (χ1v) is 5.87. The van der Waals surface area contributed by atoms with E-state index >= 15 is 0 Å². The quantitative estimate of drug-likeness (QED) is 0.676. The van der Waals surface area contributed by atoms with E-state index in [0.29, 0.717) is 13.1 Å². The zero-order valence-electron chi connectivity index (χ0n) is 7.93. The Morgan fingerprint density at radius 1 is 1.54 bits per heavy atom. The van der Waals surface area contributed by atoms with Gasteiger partial charge >= 0.3 is 0 Å². The van der Waals surface area contributed by atoms with Gasteiger partial charge in [-0.3, -0.25) is 0 Å². The molecule has 78 valence electrons. The van der Waals surface area contributed by atoms with Gasteiger partial charge in [0.25, 0.3) is 10.2 Å². The second-order valence-electron chi connectivity index (χ2n) is 3.34. The van der Waals surface area contributed by atoms with E-state index in [0.717, 1.165) is 6.42 Å². The van der Waals surface area contributed by atoms with Gasteiger partial charge in [0.15, 0.2) is 0 Å². The fourth-order valence-corrected chi connectivity index (χ4v) is 2.23. The number of rotatable bonds is 2. The van der Waals surface area contributed by atoms with Crippen molar-refractivity contribution in [3.63, 3.8) is 0 Å².